The van der Waals surface area contributed by atoms with Crippen molar-refractivity contribution >= 4 is 0 Å². The van der Waals surface area contributed by atoms with E-state index in [0.717, 1.165) is 12.8 Å². The molecular formula is C14H21FO2. The number of benzene rings is 1. The van der Waals surface area contributed by atoms with Crippen molar-refractivity contribution in [3.63, 3.8) is 0 Å². The maximum Gasteiger partial charge on any atom is 0.123 e. The van der Waals surface area contributed by atoms with Gasteiger partial charge >= 0.3 is 0 Å². The summed E-state index contributed by atoms with van der Waals surface area (Å²) in [5, 5.41) is 10.4. The topological polar surface area (TPSA) is 29.5 Å². The van der Waals surface area contributed by atoms with Gasteiger partial charge in [0.05, 0.1) is 5.60 Å². The van der Waals surface area contributed by atoms with Crippen molar-refractivity contribution in [3.8, 4) is 0 Å². The molecule has 0 radical (unpaired) electrons. The molecule has 0 saturated heterocycles. The first kappa shape index (κ1) is 14.1. The van der Waals surface area contributed by atoms with Crippen molar-refractivity contribution in [2.45, 2.75) is 45.3 Å². The third-order valence-electron chi connectivity index (χ3n) is 3.31. The Labute approximate surface area is 102 Å². The second-order valence-electron chi connectivity index (χ2n) is 4.16. The summed E-state index contributed by atoms with van der Waals surface area (Å²) in [6, 6.07) is 5.94. The Morgan fingerprint density at radius 2 is 1.71 bits per heavy atom. The molecule has 3 heteroatoms. The predicted molar refractivity (Wildman–Crippen MR) is 66.3 cm³/mol. The molecule has 0 amide bonds. The van der Waals surface area contributed by atoms with Crippen LogP contribution in [0.2, 0.25) is 0 Å². The molecule has 1 aromatic rings. The van der Waals surface area contributed by atoms with E-state index in [4.69, 9.17) is 4.74 Å². The van der Waals surface area contributed by atoms with E-state index in [1.54, 1.807) is 12.1 Å². The average molecular weight is 240 g/mol. The summed E-state index contributed by atoms with van der Waals surface area (Å²) in [4.78, 5) is 0. The van der Waals surface area contributed by atoms with E-state index in [-0.39, 0.29) is 5.82 Å². The average Bonchev–Trinajstić information content (AvgIpc) is 2.36. The Hall–Kier alpha value is -0.930. The summed E-state index contributed by atoms with van der Waals surface area (Å²) in [5.74, 6) is -0.295. The number of hydrogen-bond acceptors (Lipinski definition) is 2. The first-order valence-corrected chi connectivity index (χ1v) is 6.17. The fraction of sp³-hybridized carbons (Fsp3) is 0.571. The van der Waals surface area contributed by atoms with Gasteiger partial charge in [-0.2, -0.15) is 0 Å². The molecule has 1 N–H and O–H groups in total. The fourth-order valence-corrected chi connectivity index (χ4v) is 2.16. The molecule has 2 nitrogen and oxygen atoms in total. The standard InChI is InChI=1S/C14H21FO2/c1-4-14(5-2,17-6-3)13(16)11-7-9-12(15)10-8-11/h7-10,13,16H,4-6H2,1-3H3. The summed E-state index contributed by atoms with van der Waals surface area (Å²) in [6.45, 7) is 6.45. The van der Waals surface area contributed by atoms with Crippen molar-refractivity contribution in [2.24, 2.45) is 0 Å². The van der Waals surface area contributed by atoms with E-state index in [0.29, 0.717) is 12.2 Å². The van der Waals surface area contributed by atoms with Gasteiger partial charge in [0.15, 0.2) is 0 Å². The second kappa shape index (κ2) is 6.12. The van der Waals surface area contributed by atoms with Gasteiger partial charge in [-0.3, -0.25) is 0 Å². The number of rotatable bonds is 6. The van der Waals surface area contributed by atoms with Gasteiger partial charge in [-0.25, -0.2) is 4.39 Å². The van der Waals surface area contributed by atoms with E-state index >= 15 is 0 Å². The summed E-state index contributed by atoms with van der Waals surface area (Å²) in [5.41, 5.74) is 0.121. The quantitative estimate of drug-likeness (QED) is 0.825. The van der Waals surface area contributed by atoms with Crippen LogP contribution in [0.25, 0.3) is 0 Å². The van der Waals surface area contributed by atoms with Gasteiger partial charge in [-0.1, -0.05) is 26.0 Å². The maximum atomic E-state index is 12.8. The number of aliphatic hydroxyl groups excluding tert-OH is 1. The van der Waals surface area contributed by atoms with Crippen LogP contribution in [0, 0.1) is 5.82 Å². The molecule has 0 aliphatic rings. The van der Waals surface area contributed by atoms with Crippen molar-refractivity contribution in [3.05, 3.63) is 35.6 Å². The van der Waals surface area contributed by atoms with Gasteiger partial charge in [-0.15, -0.1) is 0 Å². The van der Waals surface area contributed by atoms with Crippen LogP contribution in [-0.4, -0.2) is 17.3 Å². The zero-order valence-corrected chi connectivity index (χ0v) is 10.7. The lowest BCUT2D eigenvalue weighted by molar-refractivity contribution is -0.127. The highest BCUT2D eigenvalue weighted by Gasteiger charge is 2.36. The molecule has 17 heavy (non-hydrogen) atoms. The van der Waals surface area contributed by atoms with E-state index < -0.39 is 11.7 Å². The van der Waals surface area contributed by atoms with Gasteiger partial charge in [0, 0.05) is 6.61 Å². The molecule has 1 aromatic carbocycles. The van der Waals surface area contributed by atoms with Crippen LogP contribution >= 0.6 is 0 Å². The van der Waals surface area contributed by atoms with Crippen LogP contribution in [0.1, 0.15) is 45.3 Å². The van der Waals surface area contributed by atoms with E-state index in [9.17, 15) is 9.50 Å². The first-order valence-electron chi connectivity index (χ1n) is 6.17. The van der Waals surface area contributed by atoms with Crippen molar-refractivity contribution in [2.75, 3.05) is 6.61 Å². The molecule has 0 heterocycles. The van der Waals surface area contributed by atoms with Gasteiger partial charge in [0.25, 0.3) is 0 Å². The highest BCUT2D eigenvalue weighted by atomic mass is 19.1. The Morgan fingerprint density at radius 3 is 2.12 bits per heavy atom. The Bertz CT molecular complexity index is 331. The lowest BCUT2D eigenvalue weighted by atomic mass is 9.86. The molecule has 1 unspecified atom stereocenters. The largest absolute Gasteiger partial charge is 0.385 e. The van der Waals surface area contributed by atoms with Gasteiger partial charge < -0.3 is 9.84 Å². The normalized spacial score (nSPS) is 13.7. The smallest absolute Gasteiger partial charge is 0.123 e. The number of halogens is 1. The highest BCUT2D eigenvalue weighted by molar-refractivity contribution is 5.21. The minimum atomic E-state index is -0.724. The van der Waals surface area contributed by atoms with E-state index in [2.05, 4.69) is 0 Å². The minimum absolute atomic E-state index is 0.295. The van der Waals surface area contributed by atoms with Gasteiger partial charge in [-0.05, 0) is 37.5 Å². The van der Waals surface area contributed by atoms with Crippen LogP contribution in [0.4, 0.5) is 4.39 Å². The van der Waals surface area contributed by atoms with Crippen molar-refractivity contribution in [1.82, 2.24) is 0 Å². The number of hydrogen-bond donors (Lipinski definition) is 1. The molecule has 0 aliphatic heterocycles. The Morgan fingerprint density at radius 1 is 1.18 bits per heavy atom. The lowest BCUT2D eigenvalue weighted by Crippen LogP contribution is -2.38. The Kier molecular flexibility index (Phi) is 5.09. The lowest BCUT2D eigenvalue weighted by Gasteiger charge is -2.36. The van der Waals surface area contributed by atoms with E-state index in [1.165, 1.54) is 12.1 Å². The van der Waals surface area contributed by atoms with Crippen LogP contribution < -0.4 is 0 Å². The molecule has 0 bridgehead atoms. The molecule has 96 valence electrons. The summed E-state index contributed by atoms with van der Waals surface area (Å²) in [7, 11) is 0. The van der Waals surface area contributed by atoms with Crippen LogP contribution in [0.3, 0.4) is 0 Å². The zero-order valence-electron chi connectivity index (χ0n) is 10.7. The molecule has 1 rings (SSSR count). The van der Waals surface area contributed by atoms with Gasteiger partial charge in [0.2, 0.25) is 0 Å². The molecule has 1 atom stereocenters. The maximum absolute atomic E-state index is 12.8. The van der Waals surface area contributed by atoms with E-state index in [1.807, 2.05) is 20.8 Å². The Balaban J connectivity index is 2.98. The third-order valence-corrected chi connectivity index (χ3v) is 3.31. The van der Waals surface area contributed by atoms with Crippen LogP contribution in [0.15, 0.2) is 24.3 Å². The second-order valence-corrected chi connectivity index (χ2v) is 4.16. The molecule has 0 aliphatic carbocycles. The van der Waals surface area contributed by atoms with Gasteiger partial charge in [0.1, 0.15) is 11.9 Å². The molecule has 0 fully saturated rings. The summed E-state index contributed by atoms with van der Waals surface area (Å²) < 4.78 is 18.6. The van der Waals surface area contributed by atoms with Crippen molar-refractivity contribution < 1.29 is 14.2 Å². The van der Waals surface area contributed by atoms with Crippen molar-refractivity contribution in [1.29, 1.82) is 0 Å². The zero-order chi connectivity index (χ0) is 12.9. The highest BCUT2D eigenvalue weighted by Crippen LogP contribution is 2.35. The summed E-state index contributed by atoms with van der Waals surface area (Å²) in [6.07, 6.45) is 0.712. The van der Waals surface area contributed by atoms with Crippen LogP contribution in [0.5, 0.6) is 0 Å². The van der Waals surface area contributed by atoms with Crippen LogP contribution in [-0.2, 0) is 4.74 Å². The fourth-order valence-electron chi connectivity index (χ4n) is 2.16. The molecule has 0 aromatic heterocycles. The first-order chi connectivity index (χ1) is 8.09. The number of aliphatic hydroxyl groups is 1. The molecule has 0 saturated carbocycles. The predicted octanol–water partition coefficient (Wildman–Crippen LogP) is 3.45. The number of ether oxygens (including phenoxy) is 1. The SMILES string of the molecule is CCOC(CC)(CC)C(O)c1ccc(F)cc1. The molecule has 0 spiro atoms. The third kappa shape index (κ3) is 3.05. The monoisotopic (exact) mass is 240 g/mol. The summed E-state index contributed by atoms with van der Waals surface area (Å²) >= 11 is 0. The minimum Gasteiger partial charge on any atom is -0.385 e. The molecular weight excluding hydrogens is 219 g/mol.